The quantitative estimate of drug-likeness (QED) is 0.560. The summed E-state index contributed by atoms with van der Waals surface area (Å²) in [5.74, 6) is 0.376. The highest BCUT2D eigenvalue weighted by Gasteiger charge is 2.25. The molecule has 3 unspecified atom stereocenters. The molecule has 2 rings (SSSR count). The predicted octanol–water partition coefficient (Wildman–Crippen LogP) is 2.28. The number of aromatic hydroxyl groups is 1. The van der Waals surface area contributed by atoms with E-state index in [-0.39, 0.29) is 17.0 Å². The van der Waals surface area contributed by atoms with Crippen molar-refractivity contribution in [3.05, 3.63) is 29.6 Å². The standard InChI is InChI=1S/C17H26FN3O2S/c1-3-24(23)14-6-4-5-13(10-14)21-17(19-2)20-11-12-7-8-16(22)15(18)9-12/h7-9,13-14,22H,3-6,10-11H2,1-2H3,(H2,19,20,21). The maximum atomic E-state index is 13.4. The minimum absolute atomic E-state index is 0.252. The van der Waals surface area contributed by atoms with Crippen molar-refractivity contribution in [1.82, 2.24) is 10.6 Å². The summed E-state index contributed by atoms with van der Waals surface area (Å²) in [4.78, 5) is 4.20. The number of phenolic OH excluding ortho intramolecular Hbond substituents is 1. The van der Waals surface area contributed by atoms with Gasteiger partial charge in [-0.3, -0.25) is 9.20 Å². The second-order valence-corrected chi connectivity index (χ2v) is 8.02. The summed E-state index contributed by atoms with van der Waals surface area (Å²) in [7, 11) is 0.937. The van der Waals surface area contributed by atoms with E-state index in [4.69, 9.17) is 0 Å². The number of hydrogen-bond acceptors (Lipinski definition) is 3. The van der Waals surface area contributed by atoms with E-state index in [0.29, 0.717) is 18.3 Å². The first-order chi connectivity index (χ1) is 11.5. The van der Waals surface area contributed by atoms with Crippen LogP contribution in [-0.4, -0.2) is 39.4 Å². The average molecular weight is 355 g/mol. The van der Waals surface area contributed by atoms with Gasteiger partial charge >= 0.3 is 0 Å². The van der Waals surface area contributed by atoms with Gasteiger partial charge in [0.05, 0.1) is 0 Å². The molecule has 0 bridgehead atoms. The Balaban J connectivity index is 1.87. The molecule has 3 N–H and O–H groups in total. The average Bonchev–Trinajstić information content (AvgIpc) is 2.61. The van der Waals surface area contributed by atoms with Gasteiger partial charge in [-0.1, -0.05) is 19.4 Å². The minimum Gasteiger partial charge on any atom is -0.505 e. The number of nitrogens with one attached hydrogen (secondary N) is 2. The zero-order chi connectivity index (χ0) is 17.5. The lowest BCUT2D eigenvalue weighted by Crippen LogP contribution is -2.46. The van der Waals surface area contributed by atoms with Crippen LogP contribution in [0.15, 0.2) is 23.2 Å². The number of nitrogens with zero attached hydrogens (tertiary/aromatic N) is 1. The first-order valence-electron chi connectivity index (χ1n) is 8.35. The molecule has 1 aromatic carbocycles. The van der Waals surface area contributed by atoms with Crippen LogP contribution in [-0.2, 0) is 17.3 Å². The highest BCUT2D eigenvalue weighted by atomic mass is 32.2. The second-order valence-electron chi connectivity index (χ2n) is 6.01. The molecule has 0 aliphatic heterocycles. The van der Waals surface area contributed by atoms with Crippen molar-refractivity contribution < 1.29 is 13.7 Å². The summed E-state index contributed by atoms with van der Waals surface area (Å²) in [6.45, 7) is 2.37. The van der Waals surface area contributed by atoms with Gasteiger partial charge in [0.2, 0.25) is 0 Å². The molecule has 3 atom stereocenters. The van der Waals surface area contributed by atoms with Crippen molar-refractivity contribution in [3.63, 3.8) is 0 Å². The Morgan fingerprint density at radius 1 is 1.46 bits per heavy atom. The van der Waals surface area contributed by atoms with Crippen LogP contribution < -0.4 is 10.6 Å². The van der Waals surface area contributed by atoms with Crippen LogP contribution in [0.25, 0.3) is 0 Å². The van der Waals surface area contributed by atoms with Gasteiger partial charge in [-0.05, 0) is 37.0 Å². The smallest absolute Gasteiger partial charge is 0.191 e. The maximum absolute atomic E-state index is 13.4. The highest BCUT2D eigenvalue weighted by molar-refractivity contribution is 7.85. The van der Waals surface area contributed by atoms with Crippen molar-refractivity contribution in [1.29, 1.82) is 0 Å². The molecular formula is C17H26FN3O2S. The van der Waals surface area contributed by atoms with Crippen molar-refractivity contribution in [2.75, 3.05) is 12.8 Å². The molecule has 1 aliphatic rings. The van der Waals surface area contributed by atoms with Crippen LogP contribution in [0.4, 0.5) is 4.39 Å². The molecule has 7 heteroatoms. The van der Waals surface area contributed by atoms with Crippen LogP contribution >= 0.6 is 0 Å². The van der Waals surface area contributed by atoms with E-state index in [1.165, 1.54) is 12.1 Å². The first-order valence-corrected chi connectivity index (χ1v) is 9.73. The number of aliphatic imine (C=N–C) groups is 1. The third-order valence-electron chi connectivity index (χ3n) is 4.32. The van der Waals surface area contributed by atoms with Gasteiger partial charge in [-0.2, -0.15) is 0 Å². The lowest BCUT2D eigenvalue weighted by Gasteiger charge is -2.30. The number of phenols is 1. The number of guanidine groups is 1. The first kappa shape index (κ1) is 18.7. The van der Waals surface area contributed by atoms with E-state index >= 15 is 0 Å². The van der Waals surface area contributed by atoms with Crippen molar-refractivity contribution in [2.24, 2.45) is 4.99 Å². The molecule has 0 aromatic heterocycles. The van der Waals surface area contributed by atoms with E-state index in [9.17, 15) is 13.7 Å². The number of benzene rings is 1. The third-order valence-corrected chi connectivity index (χ3v) is 6.06. The molecule has 0 saturated heterocycles. The van der Waals surface area contributed by atoms with E-state index < -0.39 is 16.6 Å². The summed E-state index contributed by atoms with van der Waals surface area (Å²) in [5.41, 5.74) is 0.724. The Kier molecular flexibility index (Phi) is 7.02. The fraction of sp³-hybridized carbons (Fsp3) is 0.588. The molecule has 0 spiro atoms. The number of hydrogen-bond donors (Lipinski definition) is 3. The van der Waals surface area contributed by atoms with E-state index in [1.54, 1.807) is 13.1 Å². The second kappa shape index (κ2) is 9.01. The third kappa shape index (κ3) is 5.19. The van der Waals surface area contributed by atoms with Gasteiger partial charge in [0.1, 0.15) is 0 Å². The lowest BCUT2D eigenvalue weighted by atomic mass is 9.95. The fourth-order valence-corrected chi connectivity index (χ4v) is 4.33. The molecule has 1 saturated carbocycles. The molecule has 1 aliphatic carbocycles. The lowest BCUT2D eigenvalue weighted by molar-refractivity contribution is 0.413. The van der Waals surface area contributed by atoms with Gasteiger partial charge in [0.25, 0.3) is 0 Å². The van der Waals surface area contributed by atoms with Gasteiger partial charge in [-0.15, -0.1) is 0 Å². The highest BCUT2D eigenvalue weighted by Crippen LogP contribution is 2.23. The zero-order valence-corrected chi connectivity index (χ0v) is 15.0. The van der Waals surface area contributed by atoms with Crippen LogP contribution in [0.3, 0.4) is 0 Å². The number of rotatable bonds is 5. The van der Waals surface area contributed by atoms with Gasteiger partial charge in [0.15, 0.2) is 17.5 Å². The van der Waals surface area contributed by atoms with Crippen molar-refractivity contribution in [3.8, 4) is 5.75 Å². The van der Waals surface area contributed by atoms with Crippen LogP contribution in [0.5, 0.6) is 5.75 Å². The SMILES string of the molecule is CCS(=O)C1CCCC(NC(=NC)NCc2ccc(O)c(F)c2)C1. The normalized spacial score (nSPS) is 22.9. The maximum Gasteiger partial charge on any atom is 0.191 e. The largest absolute Gasteiger partial charge is 0.505 e. The summed E-state index contributed by atoms with van der Waals surface area (Å²) in [6, 6.07) is 4.56. The van der Waals surface area contributed by atoms with Crippen LogP contribution in [0.2, 0.25) is 0 Å². The number of halogens is 1. The summed E-state index contributed by atoms with van der Waals surface area (Å²) in [6.07, 6.45) is 4.01. The molecule has 1 aromatic rings. The Hall–Kier alpha value is -1.63. The zero-order valence-electron chi connectivity index (χ0n) is 14.2. The monoisotopic (exact) mass is 355 g/mol. The Morgan fingerprint density at radius 3 is 2.92 bits per heavy atom. The molecule has 1 fully saturated rings. The van der Waals surface area contributed by atoms with E-state index in [0.717, 1.165) is 31.2 Å². The van der Waals surface area contributed by atoms with Crippen molar-refractivity contribution in [2.45, 2.75) is 50.4 Å². The van der Waals surface area contributed by atoms with E-state index in [1.807, 2.05) is 6.92 Å². The van der Waals surface area contributed by atoms with Gasteiger partial charge < -0.3 is 15.7 Å². The molecule has 0 heterocycles. The minimum atomic E-state index is -0.755. The van der Waals surface area contributed by atoms with E-state index in [2.05, 4.69) is 15.6 Å². The molecular weight excluding hydrogens is 329 g/mol. The summed E-state index contributed by atoms with van der Waals surface area (Å²) >= 11 is 0. The Labute approximate surface area is 145 Å². The molecule has 0 amide bonds. The van der Waals surface area contributed by atoms with Gasteiger partial charge in [-0.25, -0.2) is 4.39 Å². The Bertz CT molecular complexity index is 609. The van der Waals surface area contributed by atoms with Crippen LogP contribution in [0.1, 0.15) is 38.2 Å². The van der Waals surface area contributed by atoms with Crippen molar-refractivity contribution >= 4 is 16.8 Å². The van der Waals surface area contributed by atoms with Crippen LogP contribution in [0, 0.1) is 5.82 Å². The van der Waals surface area contributed by atoms with Gasteiger partial charge in [0, 0.05) is 41.4 Å². The Morgan fingerprint density at radius 2 is 2.25 bits per heavy atom. The molecule has 5 nitrogen and oxygen atoms in total. The molecule has 24 heavy (non-hydrogen) atoms. The molecule has 0 radical (unpaired) electrons. The summed E-state index contributed by atoms with van der Waals surface area (Å²) < 4.78 is 25.4. The summed E-state index contributed by atoms with van der Waals surface area (Å²) in [5, 5.41) is 16.0. The molecule has 134 valence electrons. The predicted molar refractivity (Wildman–Crippen MR) is 96.1 cm³/mol. The fourth-order valence-electron chi connectivity index (χ4n) is 2.98. The topological polar surface area (TPSA) is 73.7 Å².